The molecule has 5 nitrogen and oxygen atoms in total. The number of nitrogens with one attached hydrogen (secondary N) is 1. The van der Waals surface area contributed by atoms with Crippen LogP contribution in [0.25, 0.3) is 0 Å². The fraction of sp³-hybridized carbons (Fsp3) is 0.278. The van der Waals surface area contributed by atoms with Crippen LogP contribution in [0.1, 0.15) is 24.1 Å². The average molecular weight is 379 g/mol. The van der Waals surface area contributed by atoms with E-state index in [4.69, 9.17) is 11.6 Å². The van der Waals surface area contributed by atoms with Gasteiger partial charge in [0.25, 0.3) is 0 Å². The third kappa shape index (κ3) is 3.42. The number of hydrogen-bond donors (Lipinski definition) is 1. The summed E-state index contributed by atoms with van der Waals surface area (Å²) in [5.41, 5.74) is 1.54. The van der Waals surface area contributed by atoms with Gasteiger partial charge >= 0.3 is 0 Å². The number of nitrogens with zero attached hydrogens (tertiary/aromatic N) is 1. The van der Waals surface area contributed by atoms with Gasteiger partial charge in [0.1, 0.15) is 6.04 Å². The van der Waals surface area contributed by atoms with Crippen LogP contribution in [0.2, 0.25) is 5.02 Å². The van der Waals surface area contributed by atoms with Gasteiger partial charge in [-0.15, -0.1) is 0 Å². The SMILES string of the molecule is CCc1ccc(S(=O)(=O)N2CCNC(=O)C2c2ccccc2Cl)cc1. The molecule has 1 saturated heterocycles. The summed E-state index contributed by atoms with van der Waals surface area (Å²) in [6.45, 7) is 2.47. The van der Waals surface area contributed by atoms with Crippen molar-refractivity contribution in [3.05, 3.63) is 64.7 Å². The van der Waals surface area contributed by atoms with Gasteiger partial charge in [0.05, 0.1) is 4.90 Å². The van der Waals surface area contributed by atoms with E-state index in [1.807, 2.05) is 6.92 Å². The summed E-state index contributed by atoms with van der Waals surface area (Å²) in [5.74, 6) is -0.367. The van der Waals surface area contributed by atoms with Gasteiger partial charge in [-0.3, -0.25) is 4.79 Å². The van der Waals surface area contributed by atoms with E-state index < -0.39 is 16.1 Å². The van der Waals surface area contributed by atoms with Crippen molar-refractivity contribution in [2.75, 3.05) is 13.1 Å². The number of halogens is 1. The van der Waals surface area contributed by atoms with E-state index in [-0.39, 0.29) is 23.9 Å². The molecular formula is C18H19ClN2O3S. The molecule has 0 radical (unpaired) electrons. The third-order valence-electron chi connectivity index (χ3n) is 4.31. The minimum absolute atomic E-state index is 0.177. The lowest BCUT2D eigenvalue weighted by atomic mass is 10.0. The first-order valence-electron chi connectivity index (χ1n) is 8.08. The molecule has 1 aliphatic heterocycles. The highest BCUT2D eigenvalue weighted by molar-refractivity contribution is 7.89. The lowest BCUT2D eigenvalue weighted by molar-refractivity contribution is -0.126. The second-order valence-electron chi connectivity index (χ2n) is 5.83. The van der Waals surface area contributed by atoms with E-state index in [1.54, 1.807) is 48.5 Å². The Morgan fingerprint density at radius 3 is 2.48 bits per heavy atom. The summed E-state index contributed by atoms with van der Waals surface area (Å²) >= 11 is 6.22. The molecule has 1 aliphatic rings. The van der Waals surface area contributed by atoms with Crippen molar-refractivity contribution >= 4 is 27.5 Å². The normalized spacial score (nSPS) is 18.8. The summed E-state index contributed by atoms with van der Waals surface area (Å²) in [5, 5.41) is 3.09. The number of hydrogen-bond acceptors (Lipinski definition) is 3. The van der Waals surface area contributed by atoms with Crippen LogP contribution in [0.15, 0.2) is 53.4 Å². The molecule has 3 rings (SSSR count). The first kappa shape index (κ1) is 17.9. The van der Waals surface area contributed by atoms with Gasteiger partial charge in [0.2, 0.25) is 15.9 Å². The monoisotopic (exact) mass is 378 g/mol. The van der Waals surface area contributed by atoms with Gasteiger partial charge in [-0.2, -0.15) is 4.31 Å². The maximum absolute atomic E-state index is 13.1. The molecule has 1 fully saturated rings. The van der Waals surface area contributed by atoms with Gasteiger partial charge in [-0.05, 0) is 35.7 Å². The molecule has 0 bridgehead atoms. The zero-order valence-electron chi connectivity index (χ0n) is 13.8. The molecule has 7 heteroatoms. The van der Waals surface area contributed by atoms with E-state index in [0.717, 1.165) is 12.0 Å². The fourth-order valence-corrected chi connectivity index (χ4v) is 4.74. The summed E-state index contributed by atoms with van der Waals surface area (Å²) in [4.78, 5) is 12.6. The highest BCUT2D eigenvalue weighted by Crippen LogP contribution is 2.33. The van der Waals surface area contributed by atoms with Crippen LogP contribution in [0, 0.1) is 0 Å². The van der Waals surface area contributed by atoms with Crippen LogP contribution < -0.4 is 5.32 Å². The second kappa shape index (κ2) is 7.15. The van der Waals surface area contributed by atoms with E-state index in [9.17, 15) is 13.2 Å². The Morgan fingerprint density at radius 1 is 1.16 bits per heavy atom. The summed E-state index contributed by atoms with van der Waals surface area (Å²) in [7, 11) is -3.82. The number of rotatable bonds is 4. The van der Waals surface area contributed by atoms with Crippen molar-refractivity contribution < 1.29 is 13.2 Å². The van der Waals surface area contributed by atoms with Crippen LogP contribution in [0.5, 0.6) is 0 Å². The predicted molar refractivity (Wildman–Crippen MR) is 96.9 cm³/mol. The Kier molecular flexibility index (Phi) is 5.13. The maximum Gasteiger partial charge on any atom is 0.244 e. The molecule has 25 heavy (non-hydrogen) atoms. The van der Waals surface area contributed by atoms with Crippen LogP contribution in [0.4, 0.5) is 0 Å². The Balaban J connectivity index is 2.05. The van der Waals surface area contributed by atoms with Gasteiger partial charge in [0.15, 0.2) is 0 Å². The number of carbonyl (C=O) groups is 1. The molecule has 0 aliphatic carbocycles. The Morgan fingerprint density at radius 2 is 1.84 bits per heavy atom. The van der Waals surface area contributed by atoms with E-state index in [2.05, 4.69) is 5.32 Å². The lowest BCUT2D eigenvalue weighted by Crippen LogP contribution is -2.52. The number of sulfonamides is 1. The molecule has 1 amide bonds. The molecular weight excluding hydrogens is 360 g/mol. The van der Waals surface area contributed by atoms with E-state index in [1.165, 1.54) is 4.31 Å². The van der Waals surface area contributed by atoms with Gasteiger partial charge in [-0.25, -0.2) is 8.42 Å². The maximum atomic E-state index is 13.1. The topological polar surface area (TPSA) is 66.5 Å². The summed E-state index contributed by atoms with van der Waals surface area (Å²) in [6, 6.07) is 12.6. The smallest absolute Gasteiger partial charge is 0.244 e. The number of amides is 1. The second-order valence-corrected chi connectivity index (χ2v) is 8.13. The first-order valence-corrected chi connectivity index (χ1v) is 9.90. The largest absolute Gasteiger partial charge is 0.353 e. The molecule has 1 atom stereocenters. The highest BCUT2D eigenvalue weighted by Gasteiger charge is 2.40. The molecule has 1 heterocycles. The van der Waals surface area contributed by atoms with E-state index in [0.29, 0.717) is 10.6 Å². The first-order chi connectivity index (χ1) is 11.9. The summed E-state index contributed by atoms with van der Waals surface area (Å²) < 4.78 is 27.5. The van der Waals surface area contributed by atoms with Crippen molar-refractivity contribution in [3.63, 3.8) is 0 Å². The Labute approximate surface area is 152 Å². The quantitative estimate of drug-likeness (QED) is 0.889. The minimum Gasteiger partial charge on any atom is -0.353 e. The van der Waals surface area contributed by atoms with Gasteiger partial charge in [0, 0.05) is 18.1 Å². The van der Waals surface area contributed by atoms with Crippen molar-refractivity contribution in [2.24, 2.45) is 0 Å². The molecule has 0 saturated carbocycles. The number of carbonyl (C=O) groups excluding carboxylic acids is 1. The standard InChI is InChI=1S/C18H19ClN2O3S/c1-2-13-7-9-14(10-8-13)25(23,24)21-12-11-20-18(22)17(21)15-5-3-4-6-16(15)19/h3-10,17H,2,11-12H2,1H3,(H,20,22). The summed E-state index contributed by atoms with van der Waals surface area (Å²) in [6.07, 6.45) is 0.828. The average Bonchev–Trinajstić information content (AvgIpc) is 2.62. The van der Waals surface area contributed by atoms with Gasteiger partial charge in [-0.1, -0.05) is 48.9 Å². The zero-order valence-corrected chi connectivity index (χ0v) is 15.3. The van der Waals surface area contributed by atoms with E-state index >= 15 is 0 Å². The number of piperazine rings is 1. The van der Waals surface area contributed by atoms with Crippen molar-refractivity contribution in [1.82, 2.24) is 9.62 Å². The third-order valence-corrected chi connectivity index (χ3v) is 6.53. The Bertz CT molecular complexity index is 881. The van der Waals surface area contributed by atoms with Crippen molar-refractivity contribution in [1.29, 1.82) is 0 Å². The molecule has 2 aromatic carbocycles. The number of benzene rings is 2. The highest BCUT2D eigenvalue weighted by atomic mass is 35.5. The van der Waals surface area contributed by atoms with Crippen molar-refractivity contribution in [3.8, 4) is 0 Å². The zero-order chi connectivity index (χ0) is 18.0. The van der Waals surface area contributed by atoms with Crippen LogP contribution in [0.3, 0.4) is 0 Å². The fourth-order valence-electron chi connectivity index (χ4n) is 2.93. The molecule has 132 valence electrons. The molecule has 2 aromatic rings. The van der Waals surface area contributed by atoms with Gasteiger partial charge < -0.3 is 5.32 Å². The van der Waals surface area contributed by atoms with Crippen LogP contribution in [-0.4, -0.2) is 31.7 Å². The molecule has 0 spiro atoms. The lowest BCUT2D eigenvalue weighted by Gasteiger charge is -2.34. The van der Waals surface area contributed by atoms with Crippen LogP contribution >= 0.6 is 11.6 Å². The number of aryl methyl sites for hydroxylation is 1. The molecule has 0 aromatic heterocycles. The molecule has 1 unspecified atom stereocenters. The van der Waals surface area contributed by atoms with Crippen molar-refractivity contribution in [2.45, 2.75) is 24.3 Å². The predicted octanol–water partition coefficient (Wildman–Crippen LogP) is 2.76. The molecule has 1 N–H and O–H groups in total. The van der Waals surface area contributed by atoms with Crippen LogP contribution in [-0.2, 0) is 21.2 Å². The minimum atomic E-state index is -3.82. The Hall–Kier alpha value is -1.89.